The maximum atomic E-state index is 10.5. The van der Waals surface area contributed by atoms with Crippen molar-refractivity contribution in [2.45, 2.75) is 70.5 Å². The second kappa shape index (κ2) is 6.19. The fraction of sp³-hybridized carbons (Fsp3) is 1.00. The molecule has 1 rings (SSSR count). The average molecular weight is 283 g/mol. The van der Waals surface area contributed by atoms with E-state index in [9.17, 15) is 10.2 Å². The van der Waals surface area contributed by atoms with Gasteiger partial charge in [0.2, 0.25) is 0 Å². The second-order valence-corrected chi connectivity index (χ2v) is 13.4. The zero-order chi connectivity index (χ0) is 13.0. The Morgan fingerprint density at radius 3 is 1.76 bits per heavy atom. The van der Waals surface area contributed by atoms with Gasteiger partial charge in [-0.3, -0.25) is 0 Å². The van der Waals surface area contributed by atoms with Crippen molar-refractivity contribution in [2.75, 3.05) is 12.3 Å². The first-order valence-corrected chi connectivity index (χ1v) is 10.7. The molecule has 104 valence electrons. The summed E-state index contributed by atoms with van der Waals surface area (Å²) < 4.78 is 0. The van der Waals surface area contributed by atoms with Crippen molar-refractivity contribution in [1.29, 1.82) is 0 Å². The molecule has 0 amide bonds. The third kappa shape index (κ3) is 2.97. The summed E-state index contributed by atoms with van der Waals surface area (Å²) in [4.78, 5) is 0. The van der Waals surface area contributed by atoms with Crippen LogP contribution in [0.15, 0.2) is 0 Å². The molecule has 2 N–H and O–H groups in total. The predicted molar refractivity (Wildman–Crippen MR) is 78.2 cm³/mol. The molecule has 2 atom stereocenters. The Bertz CT molecular complexity index is 226. The standard InChI is InChI=1S/C13H28ClO2P/c1-3-5-10-17(14,11-6-4-2)12(15)8-7-9-13(17)16/h12-13,15-16H,3-11H2,1-2H3. The van der Waals surface area contributed by atoms with Crippen molar-refractivity contribution in [2.24, 2.45) is 0 Å². The van der Waals surface area contributed by atoms with E-state index in [1.165, 1.54) is 0 Å². The van der Waals surface area contributed by atoms with Gasteiger partial charge in [-0.2, -0.15) is 0 Å². The van der Waals surface area contributed by atoms with Gasteiger partial charge in [0.25, 0.3) is 0 Å². The van der Waals surface area contributed by atoms with Crippen molar-refractivity contribution in [1.82, 2.24) is 0 Å². The number of halogens is 1. The predicted octanol–water partition coefficient (Wildman–Crippen LogP) is 4.11. The van der Waals surface area contributed by atoms with Crippen LogP contribution in [0.1, 0.15) is 58.8 Å². The van der Waals surface area contributed by atoms with Crippen LogP contribution in [0.25, 0.3) is 0 Å². The number of aliphatic hydroxyl groups is 2. The van der Waals surface area contributed by atoms with Crippen LogP contribution in [0.4, 0.5) is 0 Å². The first kappa shape index (κ1) is 15.7. The van der Waals surface area contributed by atoms with Crippen LogP contribution < -0.4 is 0 Å². The third-order valence-electron chi connectivity index (χ3n) is 4.36. The van der Waals surface area contributed by atoms with Gasteiger partial charge in [0.05, 0.1) is 0 Å². The molecule has 0 aromatic rings. The first-order chi connectivity index (χ1) is 7.98. The van der Waals surface area contributed by atoms with Crippen molar-refractivity contribution >= 4 is 17.2 Å². The van der Waals surface area contributed by atoms with Gasteiger partial charge in [-0.25, -0.2) is 0 Å². The maximum absolute atomic E-state index is 10.5. The Labute approximate surface area is 110 Å². The van der Waals surface area contributed by atoms with Crippen LogP contribution in [-0.2, 0) is 0 Å². The van der Waals surface area contributed by atoms with Crippen LogP contribution >= 0.6 is 17.2 Å². The zero-order valence-corrected chi connectivity index (χ0v) is 12.9. The van der Waals surface area contributed by atoms with Crippen LogP contribution in [-0.4, -0.2) is 34.2 Å². The van der Waals surface area contributed by atoms with Crippen LogP contribution in [0, 0.1) is 0 Å². The molecule has 1 fully saturated rings. The van der Waals surface area contributed by atoms with Crippen LogP contribution in [0.2, 0.25) is 0 Å². The van der Waals surface area contributed by atoms with E-state index in [0.717, 1.165) is 57.3 Å². The van der Waals surface area contributed by atoms with E-state index in [0.29, 0.717) is 0 Å². The van der Waals surface area contributed by atoms with E-state index in [1.807, 2.05) is 0 Å². The minimum atomic E-state index is -2.83. The Balaban J connectivity index is 2.95. The van der Waals surface area contributed by atoms with Crippen LogP contribution in [0.3, 0.4) is 0 Å². The number of rotatable bonds is 6. The van der Waals surface area contributed by atoms with Gasteiger partial charge in [0.15, 0.2) is 0 Å². The van der Waals surface area contributed by atoms with Gasteiger partial charge in [0.1, 0.15) is 0 Å². The minimum absolute atomic E-state index is 0.440. The molecule has 1 aliphatic heterocycles. The summed E-state index contributed by atoms with van der Waals surface area (Å²) in [7, 11) is 0. The van der Waals surface area contributed by atoms with E-state index in [-0.39, 0.29) is 0 Å². The SMILES string of the molecule is CCCCP1(Cl)(CCCC)C(O)CCCC1O. The fourth-order valence-corrected chi connectivity index (χ4v) is 9.78. The average Bonchev–Trinajstić information content (AvgIpc) is 2.32. The number of hydrogen-bond donors (Lipinski definition) is 2. The molecule has 1 heterocycles. The topological polar surface area (TPSA) is 40.5 Å². The summed E-state index contributed by atoms with van der Waals surface area (Å²) in [6.45, 7) is 4.28. The van der Waals surface area contributed by atoms with E-state index in [2.05, 4.69) is 13.8 Å². The molecule has 2 nitrogen and oxygen atoms in total. The molecule has 0 aromatic carbocycles. The molecular formula is C13H28ClO2P. The van der Waals surface area contributed by atoms with Crippen molar-refractivity contribution in [3.05, 3.63) is 0 Å². The fourth-order valence-electron chi connectivity index (χ4n) is 3.03. The summed E-state index contributed by atoms with van der Waals surface area (Å²) in [5.74, 6) is -3.71. The normalized spacial score (nSPS) is 33.8. The summed E-state index contributed by atoms with van der Waals surface area (Å²) in [5, 5.41) is 20.9. The van der Waals surface area contributed by atoms with E-state index in [1.54, 1.807) is 0 Å². The van der Waals surface area contributed by atoms with E-state index < -0.39 is 17.6 Å². The molecule has 1 saturated heterocycles. The number of aliphatic hydroxyl groups excluding tert-OH is 2. The molecule has 0 radical (unpaired) electrons. The van der Waals surface area contributed by atoms with Gasteiger partial charge in [-0.1, -0.05) is 0 Å². The third-order valence-corrected chi connectivity index (χ3v) is 12.7. The van der Waals surface area contributed by atoms with Crippen molar-refractivity contribution in [3.63, 3.8) is 0 Å². The summed E-state index contributed by atoms with van der Waals surface area (Å²) in [5.41, 5.74) is 0. The molecule has 0 spiro atoms. The summed E-state index contributed by atoms with van der Waals surface area (Å²) in [6, 6.07) is 0. The molecule has 17 heavy (non-hydrogen) atoms. The zero-order valence-electron chi connectivity index (χ0n) is 11.2. The molecule has 4 heteroatoms. The van der Waals surface area contributed by atoms with Gasteiger partial charge in [-0.15, -0.1) is 0 Å². The van der Waals surface area contributed by atoms with Gasteiger partial charge < -0.3 is 0 Å². The first-order valence-electron chi connectivity index (χ1n) is 7.06. The summed E-state index contributed by atoms with van der Waals surface area (Å²) in [6.07, 6.45) is 8.39. The van der Waals surface area contributed by atoms with Gasteiger partial charge >= 0.3 is 110 Å². The van der Waals surface area contributed by atoms with E-state index >= 15 is 0 Å². The van der Waals surface area contributed by atoms with Crippen LogP contribution in [0.5, 0.6) is 0 Å². The molecule has 2 unspecified atom stereocenters. The Morgan fingerprint density at radius 2 is 1.41 bits per heavy atom. The summed E-state index contributed by atoms with van der Waals surface area (Å²) >= 11 is 7.02. The van der Waals surface area contributed by atoms with Crippen molar-refractivity contribution < 1.29 is 10.2 Å². The monoisotopic (exact) mass is 282 g/mol. The molecule has 0 bridgehead atoms. The second-order valence-electron chi connectivity index (χ2n) is 5.58. The molecule has 0 aliphatic carbocycles. The Hall–Kier alpha value is 0.640. The quantitative estimate of drug-likeness (QED) is 0.720. The van der Waals surface area contributed by atoms with Crippen molar-refractivity contribution in [3.8, 4) is 0 Å². The molecule has 0 aromatic heterocycles. The van der Waals surface area contributed by atoms with E-state index in [4.69, 9.17) is 11.2 Å². The number of hydrogen-bond acceptors (Lipinski definition) is 2. The Morgan fingerprint density at radius 1 is 1.00 bits per heavy atom. The van der Waals surface area contributed by atoms with Gasteiger partial charge in [0, 0.05) is 0 Å². The molecule has 1 aliphatic rings. The molecular weight excluding hydrogens is 255 g/mol. The Kier molecular flexibility index (Phi) is 5.72. The molecule has 0 saturated carbocycles. The van der Waals surface area contributed by atoms with Gasteiger partial charge in [-0.05, 0) is 0 Å². The number of unbranched alkanes of at least 4 members (excludes halogenated alkanes) is 2.